The van der Waals surface area contributed by atoms with E-state index < -0.39 is 5.97 Å². The van der Waals surface area contributed by atoms with Crippen LogP contribution in [0.2, 0.25) is 0 Å². The summed E-state index contributed by atoms with van der Waals surface area (Å²) in [6.45, 7) is 1.99. The normalized spacial score (nSPS) is 12.6. The second kappa shape index (κ2) is 9.47. The molecule has 33 heavy (non-hydrogen) atoms. The maximum absolute atomic E-state index is 12.7. The lowest BCUT2D eigenvalue weighted by atomic mass is 10.1. The van der Waals surface area contributed by atoms with Crippen LogP contribution in [-0.4, -0.2) is 51.5 Å². The van der Waals surface area contributed by atoms with Crippen molar-refractivity contribution in [1.82, 2.24) is 14.7 Å². The van der Waals surface area contributed by atoms with Crippen molar-refractivity contribution in [3.8, 4) is 5.69 Å². The van der Waals surface area contributed by atoms with E-state index >= 15 is 0 Å². The molecule has 1 aliphatic rings. The van der Waals surface area contributed by atoms with Gasteiger partial charge >= 0.3 is 5.97 Å². The summed E-state index contributed by atoms with van der Waals surface area (Å²) < 4.78 is 6.53. The number of para-hydroxylation sites is 1. The number of hydrogen-bond donors (Lipinski definition) is 1. The van der Waals surface area contributed by atoms with Gasteiger partial charge < -0.3 is 10.1 Å². The van der Waals surface area contributed by atoms with E-state index in [1.54, 1.807) is 43.3 Å². The Labute approximate surface area is 190 Å². The first-order valence-electron chi connectivity index (χ1n) is 10.6. The van der Waals surface area contributed by atoms with Gasteiger partial charge in [0.05, 0.1) is 29.6 Å². The first-order valence-corrected chi connectivity index (χ1v) is 10.6. The number of carbonyl (C=O) groups excluding carboxylic acids is 4. The highest BCUT2D eigenvalue weighted by atomic mass is 16.5. The van der Waals surface area contributed by atoms with E-state index in [4.69, 9.17) is 4.74 Å². The Hall–Kier alpha value is -4.27. The Kier molecular flexibility index (Phi) is 6.30. The van der Waals surface area contributed by atoms with E-state index in [9.17, 15) is 19.2 Å². The predicted molar refractivity (Wildman–Crippen MR) is 119 cm³/mol. The first-order chi connectivity index (χ1) is 16.0. The molecule has 3 amide bonds. The number of ether oxygens (including phenoxy) is 1. The molecular weight excluding hydrogens is 424 g/mol. The summed E-state index contributed by atoms with van der Waals surface area (Å²) in [6.07, 6.45) is 1.65. The van der Waals surface area contributed by atoms with Crippen molar-refractivity contribution in [2.45, 2.75) is 19.8 Å². The number of aromatic nitrogens is 2. The van der Waals surface area contributed by atoms with Gasteiger partial charge in [0, 0.05) is 13.0 Å². The summed E-state index contributed by atoms with van der Waals surface area (Å²) in [5.41, 5.74) is 1.54. The molecule has 2 heterocycles. The summed E-state index contributed by atoms with van der Waals surface area (Å²) in [6, 6.07) is 15.7. The van der Waals surface area contributed by atoms with Gasteiger partial charge in [-0.3, -0.25) is 19.3 Å². The fourth-order valence-electron chi connectivity index (χ4n) is 3.63. The molecule has 1 aromatic heterocycles. The van der Waals surface area contributed by atoms with Crippen LogP contribution in [0.3, 0.4) is 0 Å². The Morgan fingerprint density at radius 1 is 0.970 bits per heavy atom. The molecule has 0 aliphatic carbocycles. The van der Waals surface area contributed by atoms with Crippen LogP contribution in [0.1, 0.15) is 50.8 Å². The lowest BCUT2D eigenvalue weighted by Crippen LogP contribution is -2.31. The molecule has 0 bridgehead atoms. The lowest BCUT2D eigenvalue weighted by Gasteiger charge is -2.14. The fraction of sp³-hybridized carbons (Fsp3) is 0.208. The molecule has 1 N–H and O–H groups in total. The van der Waals surface area contributed by atoms with E-state index in [1.165, 1.54) is 10.9 Å². The van der Waals surface area contributed by atoms with Crippen LogP contribution in [-0.2, 0) is 9.53 Å². The van der Waals surface area contributed by atoms with Gasteiger partial charge in [0.2, 0.25) is 5.91 Å². The van der Waals surface area contributed by atoms with Crippen LogP contribution in [0, 0.1) is 0 Å². The Morgan fingerprint density at radius 3 is 2.24 bits per heavy atom. The number of nitrogens with zero attached hydrogens (tertiary/aromatic N) is 3. The van der Waals surface area contributed by atoms with Crippen molar-refractivity contribution in [2.24, 2.45) is 0 Å². The third-order valence-corrected chi connectivity index (χ3v) is 5.19. The highest BCUT2D eigenvalue weighted by Gasteiger charge is 2.34. The average molecular weight is 446 g/mol. The minimum atomic E-state index is -0.596. The van der Waals surface area contributed by atoms with E-state index in [0.29, 0.717) is 16.8 Å². The molecule has 0 atom stereocenters. The Bertz CT molecular complexity index is 1180. The molecule has 0 radical (unpaired) electrons. The smallest absolute Gasteiger partial charge is 0.343 e. The second-order valence-electron chi connectivity index (χ2n) is 7.33. The van der Waals surface area contributed by atoms with E-state index in [0.717, 1.165) is 4.90 Å². The van der Waals surface area contributed by atoms with Crippen molar-refractivity contribution in [3.63, 3.8) is 0 Å². The number of anilines is 1. The zero-order valence-electron chi connectivity index (χ0n) is 18.0. The minimum Gasteiger partial charge on any atom is -0.462 e. The van der Waals surface area contributed by atoms with Gasteiger partial charge in [0.25, 0.3) is 11.8 Å². The van der Waals surface area contributed by atoms with Gasteiger partial charge in [-0.25, -0.2) is 9.48 Å². The van der Waals surface area contributed by atoms with Crippen molar-refractivity contribution in [2.75, 3.05) is 18.5 Å². The largest absolute Gasteiger partial charge is 0.462 e. The zero-order valence-corrected chi connectivity index (χ0v) is 18.0. The number of benzene rings is 2. The van der Waals surface area contributed by atoms with Gasteiger partial charge in [-0.2, -0.15) is 5.10 Å². The molecule has 2 aromatic carbocycles. The molecule has 0 spiro atoms. The van der Waals surface area contributed by atoms with Crippen LogP contribution in [0.25, 0.3) is 5.69 Å². The molecule has 0 unspecified atom stereocenters. The monoisotopic (exact) mass is 446 g/mol. The standard InChI is InChI=1S/C24H22N4O5/c1-2-33-24(32)19-15-25-28(16-9-4-3-5-10-16)21(19)26-20(29)13-8-14-27-22(30)17-11-6-7-12-18(17)23(27)31/h3-7,9-12,15H,2,8,13-14H2,1H3,(H,26,29). The summed E-state index contributed by atoms with van der Waals surface area (Å²) in [5, 5.41) is 6.97. The molecule has 9 heteroatoms. The predicted octanol–water partition coefficient (Wildman–Crippen LogP) is 3.06. The van der Waals surface area contributed by atoms with Crippen LogP contribution in [0.15, 0.2) is 60.8 Å². The van der Waals surface area contributed by atoms with Gasteiger partial charge in [-0.15, -0.1) is 0 Å². The van der Waals surface area contributed by atoms with Crippen molar-refractivity contribution < 1.29 is 23.9 Å². The Balaban J connectivity index is 1.44. The topological polar surface area (TPSA) is 111 Å². The number of rotatable bonds is 8. The number of hydrogen-bond acceptors (Lipinski definition) is 6. The van der Waals surface area contributed by atoms with E-state index in [-0.39, 0.29) is 55.1 Å². The number of carbonyl (C=O) groups is 4. The van der Waals surface area contributed by atoms with Gasteiger partial charge in [0.15, 0.2) is 5.82 Å². The summed E-state index contributed by atoms with van der Waals surface area (Å²) in [7, 11) is 0. The second-order valence-corrected chi connectivity index (χ2v) is 7.33. The number of imide groups is 1. The highest BCUT2D eigenvalue weighted by Crippen LogP contribution is 2.24. The third-order valence-electron chi connectivity index (χ3n) is 5.19. The van der Waals surface area contributed by atoms with Crippen molar-refractivity contribution in [1.29, 1.82) is 0 Å². The molecule has 1 aliphatic heterocycles. The minimum absolute atomic E-state index is 0.0373. The van der Waals surface area contributed by atoms with Gasteiger partial charge in [-0.05, 0) is 37.6 Å². The molecule has 4 rings (SSSR count). The number of nitrogens with one attached hydrogen (secondary N) is 1. The molecule has 0 fully saturated rings. The van der Waals surface area contributed by atoms with Gasteiger partial charge in [0.1, 0.15) is 5.56 Å². The average Bonchev–Trinajstić information content (AvgIpc) is 3.34. The van der Waals surface area contributed by atoms with E-state index in [2.05, 4.69) is 10.4 Å². The van der Waals surface area contributed by atoms with Crippen LogP contribution >= 0.6 is 0 Å². The Morgan fingerprint density at radius 2 is 1.61 bits per heavy atom. The van der Waals surface area contributed by atoms with Crippen LogP contribution < -0.4 is 5.32 Å². The fourth-order valence-corrected chi connectivity index (χ4v) is 3.63. The van der Waals surface area contributed by atoms with Crippen molar-refractivity contribution in [3.05, 3.63) is 77.5 Å². The molecule has 9 nitrogen and oxygen atoms in total. The van der Waals surface area contributed by atoms with Gasteiger partial charge in [-0.1, -0.05) is 30.3 Å². The highest BCUT2D eigenvalue weighted by molar-refractivity contribution is 6.21. The maximum atomic E-state index is 12.7. The molecule has 168 valence electrons. The summed E-state index contributed by atoms with van der Waals surface area (Å²) in [5.74, 6) is -1.49. The SMILES string of the molecule is CCOC(=O)c1cnn(-c2ccccc2)c1NC(=O)CCCN1C(=O)c2ccccc2C1=O. The number of esters is 1. The molecular formula is C24H22N4O5. The van der Waals surface area contributed by atoms with Crippen molar-refractivity contribution >= 4 is 29.5 Å². The van der Waals surface area contributed by atoms with E-state index in [1.807, 2.05) is 18.2 Å². The molecule has 0 saturated carbocycles. The van der Waals surface area contributed by atoms with Crippen LogP contribution in [0.4, 0.5) is 5.82 Å². The molecule has 0 saturated heterocycles. The quantitative estimate of drug-likeness (QED) is 0.421. The third kappa shape index (κ3) is 4.38. The number of amides is 3. The summed E-state index contributed by atoms with van der Waals surface area (Å²) >= 11 is 0. The first kappa shape index (κ1) is 21.9. The molecule has 3 aromatic rings. The van der Waals surface area contributed by atoms with Crippen LogP contribution in [0.5, 0.6) is 0 Å². The zero-order chi connectivity index (χ0) is 23.4. The maximum Gasteiger partial charge on any atom is 0.343 e. The number of fused-ring (bicyclic) bond motifs is 1. The lowest BCUT2D eigenvalue weighted by molar-refractivity contribution is -0.116. The summed E-state index contributed by atoms with van der Waals surface area (Å²) in [4.78, 5) is 51.1.